The Labute approximate surface area is 95.6 Å². The average molecular weight is 221 g/mol. The predicted octanol–water partition coefficient (Wildman–Crippen LogP) is 1.26. The van der Waals surface area contributed by atoms with Gasteiger partial charge < -0.3 is 5.32 Å². The van der Waals surface area contributed by atoms with E-state index >= 15 is 0 Å². The Kier molecular flexibility index (Phi) is 2.86. The van der Waals surface area contributed by atoms with E-state index in [4.69, 9.17) is 0 Å². The van der Waals surface area contributed by atoms with Gasteiger partial charge in [0.1, 0.15) is 0 Å². The SMILES string of the molecule is C1CCC(n2nnc(C3CCNC3)n2)CC1. The van der Waals surface area contributed by atoms with Gasteiger partial charge in [0.2, 0.25) is 0 Å². The van der Waals surface area contributed by atoms with Crippen LogP contribution in [-0.2, 0) is 0 Å². The summed E-state index contributed by atoms with van der Waals surface area (Å²) in [6.07, 6.45) is 7.58. The number of hydrogen-bond acceptors (Lipinski definition) is 4. The van der Waals surface area contributed by atoms with Gasteiger partial charge in [0.15, 0.2) is 5.82 Å². The molecule has 0 amide bonds. The normalized spacial score (nSPS) is 27.4. The van der Waals surface area contributed by atoms with Crippen LogP contribution in [0.15, 0.2) is 0 Å². The Balaban J connectivity index is 1.71. The summed E-state index contributed by atoms with van der Waals surface area (Å²) in [6.45, 7) is 2.10. The highest BCUT2D eigenvalue weighted by atomic mass is 15.6. The van der Waals surface area contributed by atoms with Gasteiger partial charge in [-0.05, 0) is 31.0 Å². The molecular weight excluding hydrogens is 202 g/mol. The molecule has 1 aromatic rings. The van der Waals surface area contributed by atoms with Crippen molar-refractivity contribution in [3.8, 4) is 0 Å². The number of tetrazole rings is 1. The van der Waals surface area contributed by atoms with E-state index in [1.54, 1.807) is 0 Å². The van der Waals surface area contributed by atoms with Crippen molar-refractivity contribution in [3.63, 3.8) is 0 Å². The van der Waals surface area contributed by atoms with Crippen molar-refractivity contribution in [1.29, 1.82) is 0 Å². The molecule has 3 rings (SSSR count). The van der Waals surface area contributed by atoms with Crippen molar-refractivity contribution in [1.82, 2.24) is 25.5 Å². The highest BCUT2D eigenvalue weighted by molar-refractivity contribution is 4.96. The van der Waals surface area contributed by atoms with E-state index in [-0.39, 0.29) is 0 Å². The summed E-state index contributed by atoms with van der Waals surface area (Å²) in [7, 11) is 0. The predicted molar refractivity (Wildman–Crippen MR) is 60.2 cm³/mol. The molecule has 1 unspecified atom stereocenters. The summed E-state index contributed by atoms with van der Waals surface area (Å²) >= 11 is 0. The van der Waals surface area contributed by atoms with Gasteiger partial charge in [0, 0.05) is 12.5 Å². The lowest BCUT2D eigenvalue weighted by Gasteiger charge is -2.19. The van der Waals surface area contributed by atoms with Crippen LogP contribution < -0.4 is 5.32 Å². The Bertz CT molecular complexity index is 336. The maximum absolute atomic E-state index is 4.57. The quantitative estimate of drug-likeness (QED) is 0.816. The fourth-order valence-electron chi connectivity index (χ4n) is 2.74. The molecule has 0 spiro atoms. The standard InChI is InChI=1S/C11H19N5/c1-2-4-10(5-3-1)16-14-11(13-15-16)9-6-7-12-8-9/h9-10,12H,1-8H2. The van der Waals surface area contributed by atoms with Crippen molar-refractivity contribution in [2.24, 2.45) is 0 Å². The van der Waals surface area contributed by atoms with Gasteiger partial charge in [-0.2, -0.15) is 4.80 Å². The lowest BCUT2D eigenvalue weighted by Crippen LogP contribution is -2.16. The van der Waals surface area contributed by atoms with Crippen molar-refractivity contribution < 1.29 is 0 Å². The third-order valence-electron chi connectivity index (χ3n) is 3.77. The summed E-state index contributed by atoms with van der Waals surface area (Å²) < 4.78 is 0. The average Bonchev–Trinajstić information content (AvgIpc) is 3.01. The Morgan fingerprint density at radius 1 is 1.12 bits per heavy atom. The minimum atomic E-state index is 0.484. The van der Waals surface area contributed by atoms with Gasteiger partial charge in [-0.1, -0.05) is 19.3 Å². The number of aromatic nitrogens is 4. The maximum atomic E-state index is 4.57. The first-order chi connectivity index (χ1) is 7.93. The molecule has 5 nitrogen and oxygen atoms in total. The molecule has 1 aromatic heterocycles. The van der Waals surface area contributed by atoms with Crippen LogP contribution in [0.3, 0.4) is 0 Å². The van der Waals surface area contributed by atoms with Crippen LogP contribution in [-0.4, -0.2) is 33.3 Å². The number of rotatable bonds is 2. The minimum Gasteiger partial charge on any atom is -0.316 e. The second-order valence-corrected chi connectivity index (χ2v) is 4.95. The highest BCUT2D eigenvalue weighted by Gasteiger charge is 2.23. The maximum Gasteiger partial charge on any atom is 0.179 e. The van der Waals surface area contributed by atoms with E-state index in [9.17, 15) is 0 Å². The summed E-state index contributed by atoms with van der Waals surface area (Å²) in [4.78, 5) is 1.87. The van der Waals surface area contributed by atoms with Gasteiger partial charge in [-0.25, -0.2) is 0 Å². The zero-order valence-electron chi connectivity index (χ0n) is 9.60. The van der Waals surface area contributed by atoms with Crippen molar-refractivity contribution in [2.75, 3.05) is 13.1 Å². The van der Waals surface area contributed by atoms with Crippen molar-refractivity contribution >= 4 is 0 Å². The molecule has 2 heterocycles. The molecule has 0 radical (unpaired) electrons. The Hall–Kier alpha value is -0.970. The van der Waals surface area contributed by atoms with Crippen LogP contribution in [0.4, 0.5) is 0 Å². The zero-order valence-corrected chi connectivity index (χ0v) is 9.60. The van der Waals surface area contributed by atoms with E-state index in [1.165, 1.54) is 32.1 Å². The zero-order chi connectivity index (χ0) is 10.8. The van der Waals surface area contributed by atoms with Gasteiger partial charge in [0.05, 0.1) is 6.04 Å². The number of nitrogens with one attached hydrogen (secondary N) is 1. The van der Waals surface area contributed by atoms with Crippen LogP contribution in [0.1, 0.15) is 56.3 Å². The first-order valence-corrected chi connectivity index (χ1v) is 6.43. The van der Waals surface area contributed by atoms with Crippen LogP contribution in [0.2, 0.25) is 0 Å². The first-order valence-electron chi connectivity index (χ1n) is 6.43. The van der Waals surface area contributed by atoms with E-state index < -0.39 is 0 Å². The second-order valence-electron chi connectivity index (χ2n) is 4.95. The smallest absolute Gasteiger partial charge is 0.179 e. The van der Waals surface area contributed by atoms with Gasteiger partial charge in [-0.15, -0.1) is 10.2 Å². The fourth-order valence-corrected chi connectivity index (χ4v) is 2.74. The summed E-state index contributed by atoms with van der Waals surface area (Å²) in [5.74, 6) is 1.42. The van der Waals surface area contributed by atoms with Gasteiger partial charge in [0.25, 0.3) is 0 Å². The minimum absolute atomic E-state index is 0.484. The lowest BCUT2D eigenvalue weighted by molar-refractivity contribution is 0.296. The van der Waals surface area contributed by atoms with E-state index in [0.717, 1.165) is 25.3 Å². The van der Waals surface area contributed by atoms with Crippen molar-refractivity contribution in [3.05, 3.63) is 5.82 Å². The van der Waals surface area contributed by atoms with Crippen LogP contribution >= 0.6 is 0 Å². The molecule has 2 fully saturated rings. The third-order valence-corrected chi connectivity index (χ3v) is 3.77. The molecule has 16 heavy (non-hydrogen) atoms. The molecule has 5 heteroatoms. The molecule has 88 valence electrons. The molecule has 1 N–H and O–H groups in total. The molecule has 1 aliphatic heterocycles. The van der Waals surface area contributed by atoms with E-state index in [2.05, 4.69) is 20.7 Å². The lowest BCUT2D eigenvalue weighted by atomic mass is 9.96. The molecule has 0 aromatic carbocycles. The number of hydrogen-bond donors (Lipinski definition) is 1. The molecule has 2 aliphatic rings. The molecule has 1 saturated carbocycles. The Morgan fingerprint density at radius 2 is 2.00 bits per heavy atom. The largest absolute Gasteiger partial charge is 0.316 e. The van der Waals surface area contributed by atoms with Gasteiger partial charge in [-0.3, -0.25) is 0 Å². The van der Waals surface area contributed by atoms with Gasteiger partial charge >= 0.3 is 0 Å². The molecular formula is C11H19N5. The summed E-state index contributed by atoms with van der Waals surface area (Å²) in [6, 6.07) is 0.504. The topological polar surface area (TPSA) is 55.6 Å². The monoisotopic (exact) mass is 221 g/mol. The third kappa shape index (κ3) is 1.96. The first kappa shape index (κ1) is 10.2. The van der Waals surface area contributed by atoms with E-state index in [1.807, 2.05) is 4.80 Å². The highest BCUT2D eigenvalue weighted by Crippen LogP contribution is 2.27. The van der Waals surface area contributed by atoms with Crippen LogP contribution in [0.5, 0.6) is 0 Å². The van der Waals surface area contributed by atoms with Crippen LogP contribution in [0.25, 0.3) is 0 Å². The van der Waals surface area contributed by atoms with E-state index in [0.29, 0.717) is 12.0 Å². The van der Waals surface area contributed by atoms with Crippen LogP contribution in [0, 0.1) is 0 Å². The Morgan fingerprint density at radius 3 is 2.75 bits per heavy atom. The number of nitrogens with zero attached hydrogens (tertiary/aromatic N) is 4. The molecule has 1 aliphatic carbocycles. The summed E-state index contributed by atoms with van der Waals surface area (Å²) in [5.41, 5.74) is 0. The summed E-state index contributed by atoms with van der Waals surface area (Å²) in [5, 5.41) is 16.4. The molecule has 0 bridgehead atoms. The van der Waals surface area contributed by atoms with Crippen molar-refractivity contribution in [2.45, 2.75) is 50.5 Å². The molecule has 1 atom stereocenters. The fraction of sp³-hybridized carbons (Fsp3) is 0.909. The second kappa shape index (κ2) is 4.49. The molecule has 1 saturated heterocycles.